The van der Waals surface area contributed by atoms with Gasteiger partial charge in [0.2, 0.25) is 5.91 Å². The predicted molar refractivity (Wildman–Crippen MR) is 102 cm³/mol. The minimum Gasteiger partial charge on any atom is -0.408 e. The summed E-state index contributed by atoms with van der Waals surface area (Å²) < 4.78 is 10.3. The molecule has 1 aliphatic carbocycles. The minimum atomic E-state index is -0.589. The molecule has 2 fully saturated rings. The van der Waals surface area contributed by atoms with Gasteiger partial charge in [-0.2, -0.15) is 0 Å². The number of aromatic nitrogens is 1. The standard InChI is InChI=1S/C20H25N3O5/c24-17(7-4-12-8-10-27-11-9-12)21-14-5-6-15(14)22-19(25)13-2-1-3-16-18(13)23-20(26)28-16/h1-3,12,14-15H,4-11H2,(H,21,24)(H,22,25)(H,23,26). The highest BCUT2D eigenvalue weighted by molar-refractivity contribution is 6.04. The summed E-state index contributed by atoms with van der Waals surface area (Å²) in [4.78, 5) is 38.8. The van der Waals surface area contributed by atoms with Crippen LogP contribution in [0.2, 0.25) is 0 Å². The first-order valence-corrected chi connectivity index (χ1v) is 9.90. The van der Waals surface area contributed by atoms with Gasteiger partial charge in [-0.25, -0.2) is 4.79 Å². The lowest BCUT2D eigenvalue weighted by Crippen LogP contribution is -2.58. The smallest absolute Gasteiger partial charge is 0.408 e. The average molecular weight is 387 g/mol. The molecule has 4 rings (SSSR count). The first-order chi connectivity index (χ1) is 13.6. The number of rotatable bonds is 6. The molecule has 2 aliphatic rings. The highest BCUT2D eigenvalue weighted by Gasteiger charge is 2.33. The van der Waals surface area contributed by atoms with Crippen LogP contribution in [0.15, 0.2) is 27.4 Å². The van der Waals surface area contributed by atoms with Crippen LogP contribution in [0.25, 0.3) is 11.1 Å². The molecule has 2 heterocycles. The Kier molecular flexibility index (Phi) is 5.47. The van der Waals surface area contributed by atoms with Crippen molar-refractivity contribution in [3.8, 4) is 0 Å². The van der Waals surface area contributed by atoms with Gasteiger partial charge in [-0.1, -0.05) is 6.07 Å². The predicted octanol–water partition coefficient (Wildman–Crippen LogP) is 1.70. The Morgan fingerprint density at radius 1 is 1.07 bits per heavy atom. The van der Waals surface area contributed by atoms with E-state index in [0.29, 0.717) is 29.0 Å². The zero-order chi connectivity index (χ0) is 19.5. The molecule has 3 N–H and O–H groups in total. The number of H-pyrrole nitrogens is 1. The number of benzene rings is 1. The lowest BCUT2D eigenvalue weighted by Gasteiger charge is -2.37. The summed E-state index contributed by atoms with van der Waals surface area (Å²) in [6.45, 7) is 1.58. The number of para-hydroxylation sites is 1. The highest BCUT2D eigenvalue weighted by Crippen LogP contribution is 2.23. The SMILES string of the molecule is O=C(CCC1CCOCC1)NC1CCC1NC(=O)c1cccc2oc(=O)[nH]c12. The van der Waals surface area contributed by atoms with Gasteiger partial charge in [0.05, 0.1) is 11.1 Å². The van der Waals surface area contributed by atoms with E-state index in [9.17, 15) is 14.4 Å². The molecule has 1 saturated carbocycles. The number of hydrogen-bond donors (Lipinski definition) is 3. The Labute approximate surface area is 162 Å². The number of amides is 2. The molecule has 28 heavy (non-hydrogen) atoms. The van der Waals surface area contributed by atoms with Crippen LogP contribution >= 0.6 is 0 Å². The van der Waals surface area contributed by atoms with Crippen LogP contribution < -0.4 is 16.4 Å². The van der Waals surface area contributed by atoms with Crippen LogP contribution in [0, 0.1) is 5.92 Å². The average Bonchev–Trinajstić information content (AvgIpc) is 3.08. The van der Waals surface area contributed by atoms with Gasteiger partial charge in [0.25, 0.3) is 5.91 Å². The Morgan fingerprint density at radius 3 is 2.57 bits per heavy atom. The quantitative estimate of drug-likeness (QED) is 0.698. The number of oxazole rings is 1. The molecule has 2 amide bonds. The van der Waals surface area contributed by atoms with Gasteiger partial charge in [-0.05, 0) is 50.2 Å². The summed E-state index contributed by atoms with van der Waals surface area (Å²) in [7, 11) is 0. The lowest BCUT2D eigenvalue weighted by molar-refractivity contribution is -0.123. The van der Waals surface area contributed by atoms with Gasteiger partial charge in [0.1, 0.15) is 0 Å². The van der Waals surface area contributed by atoms with Crippen LogP contribution in [0.4, 0.5) is 0 Å². The second-order valence-corrected chi connectivity index (χ2v) is 7.62. The lowest BCUT2D eigenvalue weighted by atomic mass is 9.85. The van der Waals surface area contributed by atoms with Gasteiger partial charge < -0.3 is 19.8 Å². The van der Waals surface area contributed by atoms with Crippen LogP contribution in [0.1, 0.15) is 48.9 Å². The largest absolute Gasteiger partial charge is 0.417 e. The second-order valence-electron chi connectivity index (χ2n) is 7.62. The molecule has 8 nitrogen and oxygen atoms in total. The number of ether oxygens (including phenoxy) is 1. The highest BCUT2D eigenvalue weighted by atomic mass is 16.5. The van der Waals surface area contributed by atoms with Crippen LogP contribution in [0.3, 0.4) is 0 Å². The van der Waals surface area contributed by atoms with E-state index in [4.69, 9.17) is 9.15 Å². The van der Waals surface area contributed by atoms with E-state index >= 15 is 0 Å². The Balaban J connectivity index is 1.29. The molecule has 1 aliphatic heterocycles. The fraction of sp³-hybridized carbons (Fsp3) is 0.550. The van der Waals surface area contributed by atoms with E-state index in [2.05, 4.69) is 15.6 Å². The molecule has 2 atom stereocenters. The van der Waals surface area contributed by atoms with Crippen molar-refractivity contribution in [1.82, 2.24) is 15.6 Å². The number of aromatic amines is 1. The maximum atomic E-state index is 12.6. The third-order valence-electron chi connectivity index (χ3n) is 5.76. The summed E-state index contributed by atoms with van der Waals surface area (Å²) in [5.74, 6) is -0.270. The van der Waals surface area contributed by atoms with Crippen molar-refractivity contribution in [3.05, 3.63) is 34.3 Å². The molecule has 2 unspecified atom stereocenters. The molecule has 2 aromatic rings. The first-order valence-electron chi connectivity index (χ1n) is 9.90. The van der Waals surface area contributed by atoms with Crippen molar-refractivity contribution in [2.24, 2.45) is 5.92 Å². The van der Waals surface area contributed by atoms with Crippen molar-refractivity contribution < 1.29 is 18.7 Å². The summed E-state index contributed by atoms with van der Waals surface area (Å²) >= 11 is 0. The van der Waals surface area contributed by atoms with Gasteiger partial charge in [-0.15, -0.1) is 0 Å². The Hall–Kier alpha value is -2.61. The maximum Gasteiger partial charge on any atom is 0.417 e. The van der Waals surface area contributed by atoms with Crippen molar-refractivity contribution in [3.63, 3.8) is 0 Å². The molecule has 0 bridgehead atoms. The van der Waals surface area contributed by atoms with Crippen molar-refractivity contribution >= 4 is 22.9 Å². The maximum absolute atomic E-state index is 12.6. The molecule has 0 spiro atoms. The third kappa shape index (κ3) is 4.11. The Bertz CT molecular complexity index is 912. The monoisotopic (exact) mass is 387 g/mol. The molecule has 150 valence electrons. The molecule has 0 radical (unpaired) electrons. The summed E-state index contributed by atoms with van der Waals surface area (Å²) in [5.41, 5.74) is 1.10. The van der Waals surface area contributed by atoms with E-state index in [-0.39, 0.29) is 23.9 Å². The molecular formula is C20H25N3O5. The van der Waals surface area contributed by atoms with E-state index < -0.39 is 5.76 Å². The third-order valence-corrected chi connectivity index (χ3v) is 5.76. The fourth-order valence-corrected chi connectivity index (χ4v) is 3.90. The number of fused-ring (bicyclic) bond motifs is 1. The zero-order valence-electron chi connectivity index (χ0n) is 15.7. The van der Waals surface area contributed by atoms with E-state index in [0.717, 1.165) is 45.3 Å². The number of hydrogen-bond acceptors (Lipinski definition) is 5. The zero-order valence-corrected chi connectivity index (χ0v) is 15.7. The fourth-order valence-electron chi connectivity index (χ4n) is 3.90. The molecular weight excluding hydrogens is 362 g/mol. The van der Waals surface area contributed by atoms with Crippen molar-refractivity contribution in [1.29, 1.82) is 0 Å². The topological polar surface area (TPSA) is 113 Å². The number of nitrogens with one attached hydrogen (secondary N) is 3. The van der Waals surface area contributed by atoms with Gasteiger partial charge in [0, 0.05) is 31.7 Å². The van der Waals surface area contributed by atoms with Crippen LogP contribution in [-0.4, -0.2) is 42.1 Å². The normalized spacial score (nSPS) is 22.6. The summed E-state index contributed by atoms with van der Waals surface area (Å²) in [6.07, 6.45) is 5.11. The number of carbonyl (C=O) groups is 2. The molecule has 8 heteroatoms. The van der Waals surface area contributed by atoms with Crippen LogP contribution in [-0.2, 0) is 9.53 Å². The van der Waals surface area contributed by atoms with Gasteiger partial charge in [0.15, 0.2) is 5.58 Å². The van der Waals surface area contributed by atoms with Crippen molar-refractivity contribution in [2.75, 3.05) is 13.2 Å². The number of carbonyl (C=O) groups excluding carboxylic acids is 2. The second kappa shape index (κ2) is 8.18. The van der Waals surface area contributed by atoms with E-state index in [1.165, 1.54) is 0 Å². The molecule has 1 saturated heterocycles. The van der Waals surface area contributed by atoms with Gasteiger partial charge >= 0.3 is 5.76 Å². The first kappa shape index (κ1) is 18.7. The minimum absolute atomic E-state index is 0.0386. The summed E-state index contributed by atoms with van der Waals surface area (Å²) in [6, 6.07) is 4.80. The summed E-state index contributed by atoms with van der Waals surface area (Å²) in [5, 5.41) is 6.00. The molecule has 1 aromatic heterocycles. The molecule has 1 aromatic carbocycles. The van der Waals surface area contributed by atoms with E-state index in [1.54, 1.807) is 18.2 Å². The van der Waals surface area contributed by atoms with Gasteiger partial charge in [-0.3, -0.25) is 14.6 Å². The van der Waals surface area contributed by atoms with Crippen LogP contribution in [0.5, 0.6) is 0 Å². The Morgan fingerprint density at radius 2 is 1.82 bits per heavy atom. The van der Waals surface area contributed by atoms with Crippen molar-refractivity contribution in [2.45, 2.75) is 50.6 Å². The van der Waals surface area contributed by atoms with E-state index in [1.807, 2.05) is 0 Å².